The third kappa shape index (κ3) is 4.34. The lowest BCUT2D eigenvalue weighted by Gasteiger charge is -2.57. The molecule has 10 nitrogen and oxygen atoms in total. The second-order valence-electron chi connectivity index (χ2n) is 8.58. The molecule has 2 aliphatic heterocycles. The minimum atomic E-state index is -1.88. The number of rotatable bonds is 5. The van der Waals surface area contributed by atoms with Crippen LogP contribution in [0.15, 0.2) is 24.4 Å². The van der Waals surface area contributed by atoms with Crippen molar-refractivity contribution < 1.29 is 29.2 Å². The van der Waals surface area contributed by atoms with Gasteiger partial charge in [0.15, 0.2) is 0 Å². The Bertz CT molecular complexity index is 769. The molecule has 3 heterocycles. The molecular weight excluding hydrogens is 404 g/mol. The van der Waals surface area contributed by atoms with Crippen LogP contribution < -0.4 is 16.0 Å². The van der Waals surface area contributed by atoms with Gasteiger partial charge < -0.3 is 40.4 Å². The van der Waals surface area contributed by atoms with Gasteiger partial charge in [-0.25, -0.2) is 0 Å². The molecule has 0 bridgehead atoms. The van der Waals surface area contributed by atoms with Gasteiger partial charge in [-0.15, -0.1) is 0 Å². The smallest absolute Gasteiger partial charge is 0.239 e. The summed E-state index contributed by atoms with van der Waals surface area (Å²) < 4.78 is 18.1. The summed E-state index contributed by atoms with van der Waals surface area (Å²) in [4.78, 5) is 16.9. The van der Waals surface area contributed by atoms with Crippen LogP contribution in [-0.4, -0.2) is 89.8 Å². The van der Waals surface area contributed by atoms with Crippen molar-refractivity contribution >= 4 is 5.91 Å². The van der Waals surface area contributed by atoms with Gasteiger partial charge >= 0.3 is 0 Å². The first kappa shape index (κ1) is 22.5. The monoisotopic (exact) mass is 436 g/mol. The first-order chi connectivity index (χ1) is 14.9. The molecule has 1 aliphatic carbocycles. The van der Waals surface area contributed by atoms with Crippen molar-refractivity contribution in [1.29, 1.82) is 0 Å². The van der Waals surface area contributed by atoms with E-state index in [2.05, 4.69) is 20.9 Å². The maximum absolute atomic E-state index is 12.7. The van der Waals surface area contributed by atoms with Crippen molar-refractivity contribution in [3.05, 3.63) is 30.1 Å². The Labute approximate surface area is 181 Å². The number of fused-ring (bicyclic) bond motifs is 2. The number of aromatic nitrogens is 1. The van der Waals surface area contributed by atoms with E-state index in [0.717, 1.165) is 0 Å². The predicted molar refractivity (Wildman–Crippen MR) is 110 cm³/mol. The van der Waals surface area contributed by atoms with Crippen LogP contribution in [0.2, 0.25) is 0 Å². The first-order valence-corrected chi connectivity index (χ1v) is 10.8. The SMILES string of the molecule is CN[C@H]1C[C@@H](NC)[C@H](O)[C@H]2O[C@@H]3O[C@H](C)C[C@@H](NC(=O)Cc4ccccn4)[C@]3(O)O[C@@H]21. The maximum atomic E-state index is 12.7. The van der Waals surface area contributed by atoms with Gasteiger partial charge in [-0.05, 0) is 46.0 Å². The minimum Gasteiger partial charge on any atom is -0.389 e. The van der Waals surface area contributed by atoms with Gasteiger partial charge in [0, 0.05) is 24.0 Å². The highest BCUT2D eigenvalue weighted by molar-refractivity contribution is 5.78. The molecule has 1 amide bonds. The summed E-state index contributed by atoms with van der Waals surface area (Å²) in [5, 5.41) is 31.5. The van der Waals surface area contributed by atoms with E-state index in [0.29, 0.717) is 18.5 Å². The van der Waals surface area contributed by atoms with Crippen molar-refractivity contribution in [3.8, 4) is 0 Å². The molecule has 1 aromatic rings. The fourth-order valence-electron chi connectivity index (χ4n) is 4.81. The molecule has 0 unspecified atom stereocenters. The first-order valence-electron chi connectivity index (χ1n) is 10.8. The summed E-state index contributed by atoms with van der Waals surface area (Å²) >= 11 is 0. The average Bonchev–Trinajstić information content (AvgIpc) is 2.75. The lowest BCUT2D eigenvalue weighted by molar-refractivity contribution is -0.446. The number of aliphatic hydroxyl groups is 2. The van der Waals surface area contributed by atoms with Crippen LogP contribution in [-0.2, 0) is 25.4 Å². The zero-order valence-electron chi connectivity index (χ0n) is 18.0. The Kier molecular flexibility index (Phi) is 6.59. The standard InChI is InChI=1S/C21H32N4O6/c1-11-8-15(25-16(26)9-12-6-4-5-7-24-12)21(28)20(29-11)30-19-17(27)13(22-2)10-14(23-3)18(19)31-21/h4-7,11,13-15,17-20,22-23,27-28H,8-10H2,1-3H3,(H,25,26)/t11-,13-,14+,15-,17+,18-,19-,20+,21+/m1/s1. The molecule has 31 heavy (non-hydrogen) atoms. The third-order valence-corrected chi connectivity index (χ3v) is 6.49. The van der Waals surface area contributed by atoms with Gasteiger partial charge in [0.25, 0.3) is 0 Å². The molecular formula is C21H32N4O6. The number of ether oxygens (including phenoxy) is 3. The number of nitrogens with one attached hydrogen (secondary N) is 3. The van der Waals surface area contributed by atoms with E-state index in [-0.39, 0.29) is 30.5 Å². The molecule has 4 rings (SSSR count). The topological polar surface area (TPSA) is 134 Å². The third-order valence-electron chi connectivity index (χ3n) is 6.49. The van der Waals surface area contributed by atoms with Crippen LogP contribution >= 0.6 is 0 Å². The largest absolute Gasteiger partial charge is 0.389 e. The number of carbonyl (C=O) groups is 1. The summed E-state index contributed by atoms with van der Waals surface area (Å²) in [5.41, 5.74) is 0.633. The van der Waals surface area contributed by atoms with Crippen molar-refractivity contribution in [1.82, 2.24) is 20.9 Å². The van der Waals surface area contributed by atoms with Gasteiger partial charge in [0.2, 0.25) is 18.0 Å². The molecule has 1 aromatic heterocycles. The Hall–Kier alpha value is -1.66. The van der Waals surface area contributed by atoms with Gasteiger partial charge in [-0.1, -0.05) is 6.07 Å². The highest BCUT2D eigenvalue weighted by Crippen LogP contribution is 2.41. The van der Waals surface area contributed by atoms with E-state index in [1.165, 1.54) is 0 Å². The molecule has 0 aromatic carbocycles. The minimum absolute atomic E-state index is 0.0853. The highest BCUT2D eigenvalue weighted by Gasteiger charge is 2.62. The van der Waals surface area contributed by atoms with Crippen LogP contribution in [0.4, 0.5) is 0 Å². The van der Waals surface area contributed by atoms with Crippen LogP contribution in [0.3, 0.4) is 0 Å². The van der Waals surface area contributed by atoms with Gasteiger partial charge in [0.1, 0.15) is 12.2 Å². The lowest BCUT2D eigenvalue weighted by atomic mass is 9.81. The van der Waals surface area contributed by atoms with Crippen LogP contribution in [0.1, 0.15) is 25.5 Å². The van der Waals surface area contributed by atoms with Crippen molar-refractivity contribution in [2.45, 2.75) is 80.8 Å². The van der Waals surface area contributed by atoms with Crippen LogP contribution in [0, 0.1) is 0 Å². The normalized spacial score (nSPS) is 42.4. The fourth-order valence-corrected chi connectivity index (χ4v) is 4.81. The number of aliphatic hydroxyl groups excluding tert-OH is 1. The van der Waals surface area contributed by atoms with Crippen LogP contribution in [0.5, 0.6) is 0 Å². The molecule has 0 radical (unpaired) electrons. The highest BCUT2D eigenvalue weighted by atomic mass is 16.8. The summed E-state index contributed by atoms with van der Waals surface area (Å²) in [7, 11) is 3.59. The van der Waals surface area contributed by atoms with E-state index < -0.39 is 36.4 Å². The Morgan fingerprint density at radius 1 is 1.19 bits per heavy atom. The summed E-state index contributed by atoms with van der Waals surface area (Å²) in [6.07, 6.45) is -0.898. The number of amides is 1. The molecule has 9 atom stereocenters. The van der Waals surface area contributed by atoms with Crippen molar-refractivity contribution in [2.75, 3.05) is 14.1 Å². The Morgan fingerprint density at radius 2 is 1.97 bits per heavy atom. The Morgan fingerprint density at radius 3 is 2.65 bits per heavy atom. The lowest BCUT2D eigenvalue weighted by Crippen LogP contribution is -2.76. The average molecular weight is 437 g/mol. The van der Waals surface area contributed by atoms with E-state index in [9.17, 15) is 15.0 Å². The van der Waals surface area contributed by atoms with Crippen molar-refractivity contribution in [3.63, 3.8) is 0 Å². The van der Waals surface area contributed by atoms with E-state index in [4.69, 9.17) is 14.2 Å². The number of hydrogen-bond donors (Lipinski definition) is 5. The number of hydrogen-bond acceptors (Lipinski definition) is 9. The molecule has 2 saturated heterocycles. The zero-order chi connectivity index (χ0) is 22.2. The summed E-state index contributed by atoms with van der Waals surface area (Å²) in [6, 6.07) is 4.28. The number of pyridine rings is 1. The molecule has 172 valence electrons. The second kappa shape index (κ2) is 9.07. The summed E-state index contributed by atoms with van der Waals surface area (Å²) in [6.45, 7) is 1.84. The van der Waals surface area contributed by atoms with Gasteiger partial charge in [-0.2, -0.15) is 0 Å². The van der Waals surface area contributed by atoms with Gasteiger partial charge in [0.05, 0.1) is 24.7 Å². The zero-order valence-corrected chi connectivity index (χ0v) is 18.0. The molecule has 3 fully saturated rings. The quantitative estimate of drug-likeness (QED) is 0.380. The molecule has 3 aliphatic rings. The molecule has 0 spiro atoms. The second-order valence-corrected chi connectivity index (χ2v) is 8.58. The maximum Gasteiger partial charge on any atom is 0.239 e. The van der Waals surface area contributed by atoms with E-state index in [1.54, 1.807) is 32.4 Å². The Balaban J connectivity index is 1.53. The number of carbonyl (C=O) groups excluding carboxylic acids is 1. The van der Waals surface area contributed by atoms with E-state index in [1.807, 2.05) is 13.0 Å². The molecule has 10 heteroatoms. The summed E-state index contributed by atoms with van der Waals surface area (Å²) in [5.74, 6) is -2.16. The number of nitrogens with zero attached hydrogens (tertiary/aromatic N) is 1. The van der Waals surface area contributed by atoms with Gasteiger partial charge in [-0.3, -0.25) is 9.78 Å². The van der Waals surface area contributed by atoms with Crippen molar-refractivity contribution in [2.24, 2.45) is 0 Å². The molecule has 5 N–H and O–H groups in total. The number of likely N-dealkylation sites (N-methyl/N-ethyl adjacent to an activating group) is 2. The molecule has 1 saturated carbocycles. The van der Waals surface area contributed by atoms with Crippen LogP contribution in [0.25, 0.3) is 0 Å². The predicted octanol–water partition coefficient (Wildman–Crippen LogP) is -1.34. The fraction of sp³-hybridized carbons (Fsp3) is 0.714. The van der Waals surface area contributed by atoms with E-state index >= 15 is 0 Å².